The predicted octanol–water partition coefficient (Wildman–Crippen LogP) is 2.73. The van der Waals surface area contributed by atoms with Gasteiger partial charge in [0.1, 0.15) is 12.2 Å². The van der Waals surface area contributed by atoms with Gasteiger partial charge in [0.05, 0.1) is 6.10 Å². The number of aryl methyl sites for hydroxylation is 1. The minimum atomic E-state index is -0.561. The maximum Gasteiger partial charge on any atom is 0.138 e. The lowest BCUT2D eigenvalue weighted by Gasteiger charge is -2.12. The minimum absolute atomic E-state index is 0.478. The molecule has 3 rings (SSSR count). The van der Waals surface area contributed by atoms with Gasteiger partial charge >= 0.3 is 0 Å². The fraction of sp³-hybridized carbons (Fsp3) is 0.250. The maximum atomic E-state index is 10.4. The van der Waals surface area contributed by atoms with Crippen LogP contribution in [0.1, 0.15) is 24.4 Å². The topological polar surface area (TPSA) is 50.9 Å². The summed E-state index contributed by atoms with van der Waals surface area (Å²) >= 11 is 0. The molecule has 1 N–H and O–H groups in total. The Morgan fingerprint density at radius 3 is 2.75 bits per heavy atom. The molecule has 0 aliphatic carbocycles. The lowest BCUT2D eigenvalue weighted by Crippen LogP contribution is -2.09. The van der Waals surface area contributed by atoms with Crippen LogP contribution in [0.3, 0.4) is 0 Å². The van der Waals surface area contributed by atoms with Crippen molar-refractivity contribution in [2.24, 2.45) is 0 Å². The van der Waals surface area contributed by atoms with Crippen molar-refractivity contribution in [2.75, 3.05) is 0 Å². The third-order valence-electron chi connectivity index (χ3n) is 3.53. The first-order valence-electron chi connectivity index (χ1n) is 6.81. The van der Waals surface area contributed by atoms with E-state index in [1.807, 2.05) is 41.9 Å². The minimum Gasteiger partial charge on any atom is -0.388 e. The van der Waals surface area contributed by atoms with Crippen LogP contribution in [0, 0.1) is 0 Å². The highest BCUT2D eigenvalue weighted by molar-refractivity contribution is 5.83. The summed E-state index contributed by atoms with van der Waals surface area (Å²) in [7, 11) is 0. The number of fused-ring (bicyclic) bond motifs is 1. The van der Waals surface area contributed by atoms with Gasteiger partial charge in [-0.05, 0) is 29.3 Å². The fourth-order valence-electron chi connectivity index (χ4n) is 2.42. The van der Waals surface area contributed by atoms with E-state index in [2.05, 4.69) is 22.2 Å². The van der Waals surface area contributed by atoms with Crippen LogP contribution >= 0.6 is 0 Å². The van der Waals surface area contributed by atoms with Crippen LogP contribution < -0.4 is 0 Å². The van der Waals surface area contributed by atoms with E-state index in [-0.39, 0.29) is 0 Å². The average Bonchev–Trinajstić information content (AvgIpc) is 2.94. The zero-order chi connectivity index (χ0) is 13.9. The van der Waals surface area contributed by atoms with E-state index < -0.39 is 6.10 Å². The molecular weight excluding hydrogens is 250 g/mol. The lowest BCUT2D eigenvalue weighted by atomic mass is 10.0. The molecule has 0 saturated heterocycles. The van der Waals surface area contributed by atoms with Crippen molar-refractivity contribution in [3.63, 3.8) is 0 Å². The summed E-state index contributed by atoms with van der Waals surface area (Å²) in [5.74, 6) is 0.813. The van der Waals surface area contributed by atoms with E-state index in [1.54, 1.807) is 0 Å². The fourth-order valence-corrected chi connectivity index (χ4v) is 2.42. The van der Waals surface area contributed by atoms with E-state index in [9.17, 15) is 5.11 Å². The number of aliphatic hydroxyl groups excluding tert-OH is 1. The highest BCUT2D eigenvalue weighted by atomic mass is 16.3. The summed E-state index contributed by atoms with van der Waals surface area (Å²) in [6.45, 7) is 2.78. The van der Waals surface area contributed by atoms with Crippen molar-refractivity contribution in [3.8, 4) is 0 Å². The van der Waals surface area contributed by atoms with Crippen LogP contribution in [0.4, 0.5) is 0 Å². The molecule has 1 unspecified atom stereocenters. The highest BCUT2D eigenvalue weighted by Crippen LogP contribution is 2.22. The zero-order valence-corrected chi connectivity index (χ0v) is 11.4. The Bertz CT molecular complexity index is 720. The summed E-state index contributed by atoms with van der Waals surface area (Å²) in [5.41, 5.74) is 0.911. The molecule has 0 radical (unpaired) electrons. The summed E-state index contributed by atoms with van der Waals surface area (Å²) in [5, 5.41) is 16.8. The van der Waals surface area contributed by atoms with Gasteiger partial charge in [-0.15, -0.1) is 0 Å². The first-order chi connectivity index (χ1) is 9.78. The number of benzene rings is 2. The molecule has 0 amide bonds. The second kappa shape index (κ2) is 5.43. The van der Waals surface area contributed by atoms with Crippen molar-refractivity contribution in [3.05, 3.63) is 60.2 Å². The van der Waals surface area contributed by atoms with Gasteiger partial charge in [0.2, 0.25) is 0 Å². The van der Waals surface area contributed by atoms with Gasteiger partial charge in [-0.3, -0.25) is 4.68 Å². The Balaban J connectivity index is 1.86. The number of aromatic nitrogens is 3. The summed E-state index contributed by atoms with van der Waals surface area (Å²) < 4.78 is 1.81. The Hall–Kier alpha value is -2.20. The molecular formula is C16H17N3O. The molecule has 0 saturated carbocycles. The molecule has 1 atom stereocenters. The van der Waals surface area contributed by atoms with Crippen molar-refractivity contribution in [2.45, 2.75) is 26.0 Å². The monoisotopic (exact) mass is 267 g/mol. The standard InChI is InChI=1S/C16H17N3O/c1-2-19-16(17-11-18-19)10-15(20)14-8-7-12-5-3-4-6-13(12)9-14/h3-9,11,15,20H,2,10H2,1H3. The largest absolute Gasteiger partial charge is 0.388 e. The first-order valence-corrected chi connectivity index (χ1v) is 6.81. The van der Waals surface area contributed by atoms with Gasteiger partial charge in [0.15, 0.2) is 0 Å². The van der Waals surface area contributed by atoms with Crippen molar-refractivity contribution in [1.29, 1.82) is 0 Å². The summed E-state index contributed by atoms with van der Waals surface area (Å²) in [6.07, 6.45) is 1.45. The molecule has 20 heavy (non-hydrogen) atoms. The second-order valence-corrected chi connectivity index (χ2v) is 4.82. The molecule has 1 aromatic heterocycles. The SMILES string of the molecule is CCn1ncnc1CC(O)c1ccc2ccccc2c1. The van der Waals surface area contributed by atoms with Gasteiger partial charge in [0, 0.05) is 13.0 Å². The molecule has 0 fully saturated rings. The van der Waals surface area contributed by atoms with Crippen molar-refractivity contribution in [1.82, 2.24) is 14.8 Å². The number of hydrogen-bond acceptors (Lipinski definition) is 3. The molecule has 3 aromatic rings. The van der Waals surface area contributed by atoms with E-state index in [0.717, 1.165) is 23.3 Å². The number of nitrogens with zero attached hydrogens (tertiary/aromatic N) is 3. The summed E-state index contributed by atoms with van der Waals surface area (Å²) in [4.78, 5) is 4.21. The van der Waals surface area contributed by atoms with Crippen molar-refractivity contribution >= 4 is 10.8 Å². The third kappa shape index (κ3) is 2.42. The van der Waals surface area contributed by atoms with Crippen molar-refractivity contribution < 1.29 is 5.11 Å². The van der Waals surface area contributed by atoms with Crippen LogP contribution in [-0.4, -0.2) is 19.9 Å². The van der Waals surface area contributed by atoms with Crippen LogP contribution in [0.25, 0.3) is 10.8 Å². The van der Waals surface area contributed by atoms with E-state index in [1.165, 1.54) is 11.7 Å². The van der Waals surface area contributed by atoms with Gasteiger partial charge < -0.3 is 5.11 Å². The number of aliphatic hydroxyl groups is 1. The van der Waals surface area contributed by atoms with E-state index in [4.69, 9.17) is 0 Å². The molecule has 0 aliphatic rings. The number of hydrogen-bond donors (Lipinski definition) is 1. The molecule has 102 valence electrons. The Morgan fingerprint density at radius 2 is 1.95 bits per heavy atom. The summed E-state index contributed by atoms with van der Waals surface area (Å²) in [6, 6.07) is 14.2. The molecule has 2 aromatic carbocycles. The molecule has 0 aliphatic heterocycles. The van der Waals surface area contributed by atoms with Gasteiger partial charge in [-0.2, -0.15) is 5.10 Å². The van der Waals surface area contributed by atoms with Gasteiger partial charge in [0.25, 0.3) is 0 Å². The predicted molar refractivity (Wildman–Crippen MR) is 78.3 cm³/mol. The Morgan fingerprint density at radius 1 is 1.15 bits per heavy atom. The zero-order valence-electron chi connectivity index (χ0n) is 11.4. The lowest BCUT2D eigenvalue weighted by molar-refractivity contribution is 0.174. The first kappa shape index (κ1) is 12.8. The average molecular weight is 267 g/mol. The van der Waals surface area contributed by atoms with Crippen LogP contribution in [-0.2, 0) is 13.0 Å². The smallest absolute Gasteiger partial charge is 0.138 e. The van der Waals surface area contributed by atoms with E-state index >= 15 is 0 Å². The molecule has 0 spiro atoms. The Labute approximate surface area is 117 Å². The molecule has 4 heteroatoms. The van der Waals surface area contributed by atoms with Crippen LogP contribution in [0.15, 0.2) is 48.8 Å². The normalized spacial score (nSPS) is 12.7. The molecule has 1 heterocycles. The third-order valence-corrected chi connectivity index (χ3v) is 3.53. The van der Waals surface area contributed by atoms with Gasteiger partial charge in [-0.25, -0.2) is 4.98 Å². The van der Waals surface area contributed by atoms with Crippen LogP contribution in [0.2, 0.25) is 0 Å². The maximum absolute atomic E-state index is 10.4. The molecule has 4 nitrogen and oxygen atoms in total. The Kier molecular flexibility index (Phi) is 3.48. The van der Waals surface area contributed by atoms with E-state index in [0.29, 0.717) is 6.42 Å². The molecule has 0 bridgehead atoms. The number of rotatable bonds is 4. The highest BCUT2D eigenvalue weighted by Gasteiger charge is 2.13. The van der Waals surface area contributed by atoms with Gasteiger partial charge in [-0.1, -0.05) is 36.4 Å². The second-order valence-electron chi connectivity index (χ2n) is 4.82. The quantitative estimate of drug-likeness (QED) is 0.790. The van der Waals surface area contributed by atoms with Crippen LogP contribution in [0.5, 0.6) is 0 Å².